The van der Waals surface area contributed by atoms with Gasteiger partial charge in [0.25, 0.3) is 0 Å². The molecule has 0 radical (unpaired) electrons. The third-order valence-electron chi connectivity index (χ3n) is 3.31. The summed E-state index contributed by atoms with van der Waals surface area (Å²) in [5, 5.41) is 7.35. The Morgan fingerprint density at radius 1 is 1.53 bits per heavy atom. The first-order valence-corrected chi connectivity index (χ1v) is 7.65. The van der Waals surface area contributed by atoms with E-state index in [0.29, 0.717) is 19.0 Å². The lowest BCUT2D eigenvalue weighted by atomic mass is 10.2. The summed E-state index contributed by atoms with van der Waals surface area (Å²) in [5.41, 5.74) is 1.09. The van der Waals surface area contributed by atoms with Gasteiger partial charge in [-0.15, -0.1) is 11.3 Å². The Bertz CT molecular complexity index is 446. The lowest BCUT2D eigenvalue weighted by Crippen LogP contribution is -2.28. The fourth-order valence-corrected chi connectivity index (χ4v) is 3.43. The zero-order valence-electron chi connectivity index (χ0n) is 11.8. The Morgan fingerprint density at radius 3 is 3.05 bits per heavy atom. The van der Waals surface area contributed by atoms with Gasteiger partial charge < -0.3 is 15.5 Å². The van der Waals surface area contributed by atoms with Gasteiger partial charge in [-0.2, -0.15) is 0 Å². The maximum absolute atomic E-state index is 11.4. The van der Waals surface area contributed by atoms with E-state index in [2.05, 4.69) is 41.3 Å². The molecule has 1 aromatic heterocycles. The van der Waals surface area contributed by atoms with Crippen LogP contribution in [0.1, 0.15) is 36.9 Å². The van der Waals surface area contributed by atoms with Crippen LogP contribution in [0.2, 0.25) is 0 Å². The zero-order chi connectivity index (χ0) is 13.8. The molecule has 1 aromatic rings. The zero-order valence-corrected chi connectivity index (χ0v) is 12.6. The van der Waals surface area contributed by atoms with Crippen molar-refractivity contribution < 1.29 is 4.79 Å². The fraction of sp³-hybridized carbons (Fsp3) is 0.692. The van der Waals surface area contributed by atoms with Crippen LogP contribution in [-0.4, -0.2) is 37.1 Å². The molecule has 0 saturated carbocycles. The van der Waals surface area contributed by atoms with Crippen LogP contribution in [0, 0.1) is 6.92 Å². The van der Waals surface area contributed by atoms with Gasteiger partial charge in [-0.3, -0.25) is 4.79 Å². The monoisotopic (exact) mass is 282 g/mol. The standard InChI is InChI=1S/C13H22N4OS/c1-4-14-9(2)12-10(3)16-13(19-12)17-7-5-11(18)15-6-8-17/h9,14H,4-8H2,1-3H3,(H,15,18). The first kappa shape index (κ1) is 14.3. The highest BCUT2D eigenvalue weighted by Gasteiger charge is 2.20. The number of rotatable bonds is 4. The van der Waals surface area contributed by atoms with Crippen LogP contribution in [0.25, 0.3) is 0 Å². The normalized spacial score (nSPS) is 18.1. The summed E-state index contributed by atoms with van der Waals surface area (Å²) >= 11 is 1.74. The number of carbonyl (C=O) groups is 1. The van der Waals surface area contributed by atoms with Crippen LogP contribution >= 0.6 is 11.3 Å². The third-order valence-corrected chi connectivity index (χ3v) is 4.71. The van der Waals surface area contributed by atoms with Gasteiger partial charge in [0.05, 0.1) is 5.69 Å². The minimum atomic E-state index is 0.136. The Kier molecular flexibility index (Phi) is 4.76. The molecule has 6 heteroatoms. The van der Waals surface area contributed by atoms with E-state index in [1.807, 2.05) is 0 Å². The number of nitrogens with zero attached hydrogens (tertiary/aromatic N) is 2. The summed E-state index contributed by atoms with van der Waals surface area (Å²) in [5.74, 6) is 0.136. The van der Waals surface area contributed by atoms with Crippen molar-refractivity contribution in [1.82, 2.24) is 15.6 Å². The van der Waals surface area contributed by atoms with Gasteiger partial charge in [-0.05, 0) is 20.4 Å². The van der Waals surface area contributed by atoms with Gasteiger partial charge in [0.2, 0.25) is 5.91 Å². The molecule has 2 N–H and O–H groups in total. The summed E-state index contributed by atoms with van der Waals surface area (Å²) in [4.78, 5) is 19.5. The first-order chi connectivity index (χ1) is 9.11. The molecule has 106 valence electrons. The third kappa shape index (κ3) is 3.45. The summed E-state index contributed by atoms with van der Waals surface area (Å²) < 4.78 is 0. The van der Waals surface area contributed by atoms with E-state index < -0.39 is 0 Å². The van der Waals surface area contributed by atoms with Crippen molar-refractivity contribution in [3.8, 4) is 0 Å². The molecule has 1 unspecified atom stereocenters. The highest BCUT2D eigenvalue weighted by Crippen LogP contribution is 2.30. The average Bonchev–Trinajstić information content (AvgIpc) is 2.62. The van der Waals surface area contributed by atoms with Crippen LogP contribution < -0.4 is 15.5 Å². The Balaban J connectivity index is 2.12. The molecule has 5 nitrogen and oxygen atoms in total. The Labute approximate surface area is 118 Å². The van der Waals surface area contributed by atoms with Crippen molar-refractivity contribution >= 4 is 22.4 Å². The molecule has 0 spiro atoms. The second-order valence-electron chi connectivity index (χ2n) is 4.81. The van der Waals surface area contributed by atoms with E-state index in [9.17, 15) is 4.79 Å². The molecule has 2 heterocycles. The topological polar surface area (TPSA) is 57.3 Å². The summed E-state index contributed by atoms with van der Waals surface area (Å²) in [6, 6.07) is 0.336. The molecule has 0 bridgehead atoms. The van der Waals surface area contributed by atoms with E-state index >= 15 is 0 Å². The van der Waals surface area contributed by atoms with Gasteiger partial charge in [0, 0.05) is 37.0 Å². The molecule has 1 aliphatic heterocycles. The number of hydrogen-bond acceptors (Lipinski definition) is 5. The van der Waals surface area contributed by atoms with Gasteiger partial charge in [0.1, 0.15) is 0 Å². The number of nitrogens with one attached hydrogen (secondary N) is 2. The number of anilines is 1. The predicted molar refractivity (Wildman–Crippen MR) is 78.8 cm³/mol. The summed E-state index contributed by atoms with van der Waals surface area (Å²) in [6.07, 6.45) is 0.552. The molecule has 1 saturated heterocycles. The second-order valence-corrected chi connectivity index (χ2v) is 5.82. The van der Waals surface area contributed by atoms with Crippen molar-refractivity contribution in [1.29, 1.82) is 0 Å². The lowest BCUT2D eigenvalue weighted by Gasteiger charge is -2.17. The second kappa shape index (κ2) is 6.34. The fourth-order valence-electron chi connectivity index (χ4n) is 2.29. The molecular weight excluding hydrogens is 260 g/mol. The highest BCUT2D eigenvalue weighted by molar-refractivity contribution is 7.15. The van der Waals surface area contributed by atoms with E-state index in [-0.39, 0.29) is 5.91 Å². The largest absolute Gasteiger partial charge is 0.354 e. The van der Waals surface area contributed by atoms with E-state index in [1.165, 1.54) is 4.88 Å². The SMILES string of the molecule is CCNC(C)c1sc(N2CCNC(=O)CC2)nc1C. The number of hydrogen-bond donors (Lipinski definition) is 2. The highest BCUT2D eigenvalue weighted by atomic mass is 32.1. The van der Waals surface area contributed by atoms with E-state index in [1.54, 1.807) is 11.3 Å². The quantitative estimate of drug-likeness (QED) is 0.877. The molecule has 1 atom stereocenters. The molecule has 1 amide bonds. The molecule has 19 heavy (non-hydrogen) atoms. The number of aryl methyl sites for hydroxylation is 1. The van der Waals surface area contributed by atoms with E-state index in [0.717, 1.165) is 30.5 Å². The van der Waals surface area contributed by atoms with E-state index in [4.69, 9.17) is 0 Å². The molecule has 1 fully saturated rings. The van der Waals surface area contributed by atoms with Crippen molar-refractivity contribution in [3.05, 3.63) is 10.6 Å². The van der Waals surface area contributed by atoms with Crippen LogP contribution in [0.15, 0.2) is 0 Å². The van der Waals surface area contributed by atoms with Gasteiger partial charge in [-0.1, -0.05) is 6.92 Å². The van der Waals surface area contributed by atoms with Crippen molar-refractivity contribution in [3.63, 3.8) is 0 Å². The Morgan fingerprint density at radius 2 is 2.32 bits per heavy atom. The maximum atomic E-state index is 11.4. The minimum absolute atomic E-state index is 0.136. The smallest absolute Gasteiger partial charge is 0.221 e. The molecular formula is C13H22N4OS. The van der Waals surface area contributed by atoms with Crippen molar-refractivity contribution in [2.75, 3.05) is 31.1 Å². The number of thiazole rings is 1. The molecule has 0 aliphatic carbocycles. The van der Waals surface area contributed by atoms with Gasteiger partial charge in [-0.25, -0.2) is 4.98 Å². The van der Waals surface area contributed by atoms with Crippen LogP contribution in [0.5, 0.6) is 0 Å². The van der Waals surface area contributed by atoms with Crippen molar-refractivity contribution in [2.24, 2.45) is 0 Å². The number of aromatic nitrogens is 1. The van der Waals surface area contributed by atoms with Gasteiger partial charge >= 0.3 is 0 Å². The summed E-state index contributed by atoms with van der Waals surface area (Å²) in [6.45, 7) is 9.60. The molecule has 0 aromatic carbocycles. The summed E-state index contributed by atoms with van der Waals surface area (Å²) in [7, 11) is 0. The van der Waals surface area contributed by atoms with Gasteiger partial charge in [0.15, 0.2) is 5.13 Å². The van der Waals surface area contributed by atoms with Crippen LogP contribution in [0.4, 0.5) is 5.13 Å². The minimum Gasteiger partial charge on any atom is -0.354 e. The number of amides is 1. The first-order valence-electron chi connectivity index (χ1n) is 6.84. The van der Waals surface area contributed by atoms with Crippen molar-refractivity contribution in [2.45, 2.75) is 33.2 Å². The Hall–Kier alpha value is -1.14. The lowest BCUT2D eigenvalue weighted by molar-refractivity contribution is -0.120. The van der Waals surface area contributed by atoms with Crippen LogP contribution in [0.3, 0.4) is 0 Å². The number of carbonyl (C=O) groups excluding carboxylic acids is 1. The maximum Gasteiger partial charge on any atom is 0.221 e. The molecule has 2 rings (SSSR count). The van der Waals surface area contributed by atoms with Crippen LogP contribution in [-0.2, 0) is 4.79 Å². The average molecular weight is 282 g/mol. The predicted octanol–water partition coefficient (Wildman–Crippen LogP) is 1.45. The molecule has 1 aliphatic rings.